The second-order valence-corrected chi connectivity index (χ2v) is 10.1. The Bertz CT molecular complexity index is 1230. The number of hydrogen-bond donors (Lipinski definition) is 1. The van der Waals surface area contributed by atoms with Crippen molar-refractivity contribution < 1.29 is 9.59 Å². The SMILES string of the molecule is Cc1nn(-c2ccccc2)c2c1C(C(C)C)N(C1CCN(C(=O)Nc3ccc(Cl)cc3)CC1)C2=O. The Hall–Kier alpha value is -3.32. The third-order valence-electron chi connectivity index (χ3n) is 7.01. The zero-order chi connectivity index (χ0) is 24.7. The number of nitrogens with one attached hydrogen (secondary N) is 1. The van der Waals surface area contributed by atoms with Gasteiger partial charge in [0.05, 0.1) is 17.4 Å². The predicted octanol–water partition coefficient (Wildman–Crippen LogP) is 5.68. The number of nitrogens with zero attached hydrogens (tertiary/aromatic N) is 4. The van der Waals surface area contributed by atoms with Gasteiger partial charge in [-0.2, -0.15) is 5.10 Å². The molecule has 0 spiro atoms. The molecule has 3 aromatic rings. The maximum absolute atomic E-state index is 13.9. The summed E-state index contributed by atoms with van der Waals surface area (Å²) in [4.78, 5) is 30.5. The minimum Gasteiger partial charge on any atom is -0.327 e. The van der Waals surface area contributed by atoms with Crippen molar-refractivity contribution in [2.75, 3.05) is 18.4 Å². The molecule has 3 heterocycles. The Kier molecular flexibility index (Phi) is 6.28. The number of amides is 3. The van der Waals surface area contributed by atoms with Crippen LogP contribution in [0.25, 0.3) is 5.69 Å². The van der Waals surface area contributed by atoms with Crippen LogP contribution in [0, 0.1) is 12.8 Å². The van der Waals surface area contributed by atoms with Gasteiger partial charge >= 0.3 is 6.03 Å². The van der Waals surface area contributed by atoms with Crippen molar-refractivity contribution in [1.29, 1.82) is 0 Å². The summed E-state index contributed by atoms with van der Waals surface area (Å²) in [5.74, 6) is 0.283. The molecule has 3 amide bonds. The molecule has 8 heteroatoms. The smallest absolute Gasteiger partial charge is 0.321 e. The van der Waals surface area contributed by atoms with Crippen LogP contribution in [0.1, 0.15) is 54.5 Å². The highest BCUT2D eigenvalue weighted by atomic mass is 35.5. The zero-order valence-corrected chi connectivity index (χ0v) is 21.0. The Labute approximate surface area is 210 Å². The summed E-state index contributed by atoms with van der Waals surface area (Å²) in [6.45, 7) is 7.51. The number of anilines is 1. The molecular weight excluding hydrogens is 462 g/mol. The average Bonchev–Trinajstić information content (AvgIpc) is 3.36. The number of aromatic nitrogens is 2. The number of rotatable bonds is 4. The van der Waals surface area contributed by atoms with Crippen LogP contribution in [0.3, 0.4) is 0 Å². The lowest BCUT2D eigenvalue weighted by molar-refractivity contribution is 0.0453. The van der Waals surface area contributed by atoms with Crippen molar-refractivity contribution in [3.05, 3.63) is 76.6 Å². The first-order valence-electron chi connectivity index (χ1n) is 12.1. The Morgan fingerprint density at radius 1 is 1.06 bits per heavy atom. The van der Waals surface area contributed by atoms with Gasteiger partial charge < -0.3 is 15.1 Å². The monoisotopic (exact) mass is 491 g/mol. The van der Waals surface area contributed by atoms with Crippen LogP contribution >= 0.6 is 11.6 Å². The van der Waals surface area contributed by atoms with Crippen molar-refractivity contribution in [2.24, 2.45) is 5.92 Å². The van der Waals surface area contributed by atoms with E-state index in [9.17, 15) is 9.59 Å². The lowest BCUT2D eigenvalue weighted by Crippen LogP contribution is -2.49. The topological polar surface area (TPSA) is 70.5 Å². The van der Waals surface area contributed by atoms with E-state index in [1.165, 1.54) is 0 Å². The lowest BCUT2D eigenvalue weighted by atomic mass is 9.93. The summed E-state index contributed by atoms with van der Waals surface area (Å²) in [6, 6.07) is 16.9. The molecule has 0 saturated carbocycles. The summed E-state index contributed by atoms with van der Waals surface area (Å²) in [5.41, 5.74) is 4.22. The van der Waals surface area contributed by atoms with Crippen molar-refractivity contribution in [1.82, 2.24) is 19.6 Å². The number of aryl methyl sites for hydroxylation is 1. The number of carbonyl (C=O) groups is 2. The molecule has 1 N–H and O–H groups in total. The van der Waals surface area contributed by atoms with Crippen LogP contribution in [0.15, 0.2) is 54.6 Å². The first kappa shape index (κ1) is 23.4. The van der Waals surface area contributed by atoms with Gasteiger partial charge in [0.15, 0.2) is 0 Å². The number of likely N-dealkylation sites (tertiary alicyclic amines) is 1. The van der Waals surface area contributed by atoms with Crippen LogP contribution in [-0.2, 0) is 0 Å². The molecule has 0 radical (unpaired) electrons. The fourth-order valence-electron chi connectivity index (χ4n) is 5.37. The second kappa shape index (κ2) is 9.38. The molecule has 7 nitrogen and oxygen atoms in total. The van der Waals surface area contributed by atoms with Gasteiger partial charge in [0.25, 0.3) is 5.91 Å². The molecule has 2 aliphatic rings. The molecule has 1 atom stereocenters. The normalized spacial score (nSPS) is 18.3. The minimum absolute atomic E-state index is 0.0191. The summed E-state index contributed by atoms with van der Waals surface area (Å²) < 4.78 is 1.80. The molecule has 1 aromatic heterocycles. The molecule has 2 aromatic carbocycles. The van der Waals surface area contributed by atoms with Crippen LogP contribution in [0.2, 0.25) is 5.02 Å². The van der Waals surface area contributed by atoms with Crippen LogP contribution in [0.4, 0.5) is 10.5 Å². The van der Waals surface area contributed by atoms with Crippen molar-refractivity contribution in [2.45, 2.75) is 45.7 Å². The number of urea groups is 1. The van der Waals surface area contributed by atoms with E-state index >= 15 is 0 Å². The van der Waals surface area contributed by atoms with E-state index in [2.05, 4.69) is 24.1 Å². The third kappa shape index (κ3) is 4.29. The van der Waals surface area contributed by atoms with E-state index in [0.717, 1.165) is 29.8 Å². The molecule has 182 valence electrons. The van der Waals surface area contributed by atoms with E-state index in [-0.39, 0.29) is 29.9 Å². The second-order valence-electron chi connectivity index (χ2n) is 9.65. The summed E-state index contributed by atoms with van der Waals surface area (Å²) in [5, 5.41) is 8.31. The number of benzene rings is 2. The van der Waals surface area contributed by atoms with Gasteiger partial charge in [-0.05, 0) is 62.1 Å². The molecule has 5 rings (SSSR count). The number of halogens is 1. The first-order chi connectivity index (χ1) is 16.8. The van der Waals surface area contributed by atoms with E-state index in [4.69, 9.17) is 16.7 Å². The van der Waals surface area contributed by atoms with E-state index in [0.29, 0.717) is 29.5 Å². The number of fused-ring (bicyclic) bond motifs is 1. The molecular formula is C27H30ClN5O2. The van der Waals surface area contributed by atoms with Crippen molar-refractivity contribution >= 4 is 29.2 Å². The van der Waals surface area contributed by atoms with Crippen molar-refractivity contribution in [3.8, 4) is 5.69 Å². The highest BCUT2D eigenvalue weighted by Crippen LogP contribution is 2.44. The quantitative estimate of drug-likeness (QED) is 0.510. The van der Waals surface area contributed by atoms with Gasteiger partial charge in [0.2, 0.25) is 0 Å². The summed E-state index contributed by atoms with van der Waals surface area (Å²) in [6.07, 6.45) is 1.48. The first-order valence-corrected chi connectivity index (χ1v) is 12.5. The standard InChI is InChI=1S/C27H30ClN5O2/c1-17(2)24-23-18(3)30-33(22-7-5-4-6-8-22)25(23)26(34)32(24)21-13-15-31(16-14-21)27(35)29-20-11-9-19(28)10-12-20/h4-12,17,21,24H,13-16H2,1-3H3,(H,29,35). The van der Waals surface area contributed by atoms with Gasteiger partial charge in [-0.15, -0.1) is 0 Å². The van der Waals surface area contributed by atoms with Gasteiger partial charge in [0.1, 0.15) is 5.69 Å². The maximum Gasteiger partial charge on any atom is 0.321 e. The van der Waals surface area contributed by atoms with E-state index in [1.54, 1.807) is 28.9 Å². The largest absolute Gasteiger partial charge is 0.327 e. The summed E-state index contributed by atoms with van der Waals surface area (Å²) in [7, 11) is 0. The molecule has 2 aliphatic heterocycles. The summed E-state index contributed by atoms with van der Waals surface area (Å²) >= 11 is 5.94. The predicted molar refractivity (Wildman–Crippen MR) is 137 cm³/mol. The molecule has 1 fully saturated rings. The zero-order valence-electron chi connectivity index (χ0n) is 20.2. The van der Waals surface area contributed by atoms with Gasteiger partial charge in [-0.3, -0.25) is 4.79 Å². The fraction of sp³-hybridized carbons (Fsp3) is 0.370. The Morgan fingerprint density at radius 2 is 1.71 bits per heavy atom. The molecule has 1 unspecified atom stereocenters. The average molecular weight is 492 g/mol. The fourth-order valence-corrected chi connectivity index (χ4v) is 5.50. The highest BCUT2D eigenvalue weighted by molar-refractivity contribution is 6.30. The molecule has 0 aliphatic carbocycles. The molecule has 35 heavy (non-hydrogen) atoms. The molecule has 0 bridgehead atoms. The Morgan fingerprint density at radius 3 is 2.34 bits per heavy atom. The highest BCUT2D eigenvalue weighted by Gasteiger charge is 2.47. The number of hydrogen-bond acceptors (Lipinski definition) is 3. The van der Waals surface area contributed by atoms with Crippen molar-refractivity contribution in [3.63, 3.8) is 0 Å². The lowest BCUT2D eigenvalue weighted by Gasteiger charge is -2.40. The number of piperidine rings is 1. The third-order valence-corrected chi connectivity index (χ3v) is 7.26. The number of carbonyl (C=O) groups excluding carboxylic acids is 2. The van der Waals surface area contributed by atoms with E-state index < -0.39 is 0 Å². The Balaban J connectivity index is 1.34. The van der Waals surface area contributed by atoms with E-state index in [1.807, 2.05) is 42.2 Å². The molecule has 1 saturated heterocycles. The van der Waals surface area contributed by atoms with Crippen LogP contribution in [-0.4, -0.2) is 50.6 Å². The maximum atomic E-state index is 13.9. The van der Waals surface area contributed by atoms with Gasteiger partial charge in [-0.1, -0.05) is 43.6 Å². The minimum atomic E-state index is -0.127. The number of para-hydroxylation sites is 1. The van der Waals surface area contributed by atoms with Crippen LogP contribution in [0.5, 0.6) is 0 Å². The van der Waals surface area contributed by atoms with Gasteiger partial charge in [0, 0.05) is 35.4 Å². The van der Waals surface area contributed by atoms with Crippen LogP contribution < -0.4 is 5.32 Å². The van der Waals surface area contributed by atoms with Gasteiger partial charge in [-0.25, -0.2) is 9.48 Å².